The molecule has 1 aliphatic rings. The second kappa shape index (κ2) is 6.73. The first-order valence-electron chi connectivity index (χ1n) is 6.61. The van der Waals surface area contributed by atoms with Crippen molar-refractivity contribution in [2.45, 2.75) is 44.4 Å². The van der Waals surface area contributed by atoms with E-state index >= 15 is 0 Å². The van der Waals surface area contributed by atoms with Gasteiger partial charge in [-0.1, -0.05) is 6.92 Å². The van der Waals surface area contributed by atoms with Crippen molar-refractivity contribution >= 4 is 0 Å². The summed E-state index contributed by atoms with van der Waals surface area (Å²) in [7, 11) is 1.56. The largest absolute Gasteiger partial charge is 0.404 e. The summed E-state index contributed by atoms with van der Waals surface area (Å²) in [5.41, 5.74) is 5.29. The molecule has 1 heterocycles. The Balaban J connectivity index is 2.58. The summed E-state index contributed by atoms with van der Waals surface area (Å²) < 4.78 is 38.7. The van der Waals surface area contributed by atoms with Gasteiger partial charge in [0.05, 0.1) is 0 Å². The number of rotatable bonds is 6. The predicted molar refractivity (Wildman–Crippen MR) is 66.4 cm³/mol. The number of nitrogens with two attached hydrogens (primary N) is 1. The lowest BCUT2D eigenvalue weighted by molar-refractivity contribution is -0.182. The molecule has 1 aliphatic heterocycles. The van der Waals surface area contributed by atoms with E-state index in [9.17, 15) is 13.2 Å². The summed E-state index contributed by atoms with van der Waals surface area (Å²) in [6.45, 7) is 4.50. The Kier molecular flexibility index (Phi) is 5.88. The fraction of sp³-hybridized carbons (Fsp3) is 1.00. The first-order chi connectivity index (χ1) is 8.40. The molecule has 0 aromatic carbocycles. The van der Waals surface area contributed by atoms with E-state index in [1.165, 1.54) is 4.90 Å². The van der Waals surface area contributed by atoms with Crippen molar-refractivity contribution < 1.29 is 13.2 Å². The van der Waals surface area contributed by atoms with Gasteiger partial charge >= 0.3 is 6.18 Å². The van der Waals surface area contributed by atoms with Crippen molar-refractivity contribution in [3.63, 3.8) is 0 Å². The van der Waals surface area contributed by atoms with Gasteiger partial charge in [-0.15, -0.1) is 0 Å². The Morgan fingerprint density at radius 3 is 2.61 bits per heavy atom. The van der Waals surface area contributed by atoms with Crippen LogP contribution in [0.1, 0.15) is 26.2 Å². The van der Waals surface area contributed by atoms with Gasteiger partial charge in [0.15, 0.2) is 0 Å². The number of nitrogens with zero attached hydrogens (tertiary/aromatic N) is 2. The van der Waals surface area contributed by atoms with Gasteiger partial charge < -0.3 is 5.73 Å². The van der Waals surface area contributed by atoms with Crippen LogP contribution in [-0.2, 0) is 0 Å². The summed E-state index contributed by atoms with van der Waals surface area (Å²) in [6.07, 6.45) is -2.14. The lowest BCUT2D eigenvalue weighted by Crippen LogP contribution is -2.49. The molecule has 2 unspecified atom stereocenters. The van der Waals surface area contributed by atoms with E-state index in [-0.39, 0.29) is 19.0 Å². The molecule has 1 rings (SSSR count). The number of halogens is 3. The van der Waals surface area contributed by atoms with Crippen LogP contribution in [0.2, 0.25) is 0 Å². The van der Waals surface area contributed by atoms with Gasteiger partial charge in [-0.05, 0) is 45.9 Å². The molecule has 0 aliphatic carbocycles. The van der Waals surface area contributed by atoms with Gasteiger partial charge in [0.25, 0.3) is 0 Å². The van der Waals surface area contributed by atoms with Crippen molar-refractivity contribution in [3.8, 4) is 0 Å². The first kappa shape index (κ1) is 15.7. The topological polar surface area (TPSA) is 32.5 Å². The van der Waals surface area contributed by atoms with Crippen LogP contribution in [0.5, 0.6) is 0 Å². The molecule has 0 bridgehead atoms. The number of hydrogen-bond acceptors (Lipinski definition) is 3. The van der Waals surface area contributed by atoms with Crippen LogP contribution >= 0.6 is 0 Å². The van der Waals surface area contributed by atoms with E-state index in [2.05, 4.69) is 11.8 Å². The van der Waals surface area contributed by atoms with Crippen molar-refractivity contribution in [3.05, 3.63) is 0 Å². The third kappa shape index (κ3) is 4.10. The Morgan fingerprint density at radius 1 is 1.44 bits per heavy atom. The van der Waals surface area contributed by atoms with Crippen LogP contribution < -0.4 is 5.73 Å². The lowest BCUT2D eigenvalue weighted by Gasteiger charge is -2.34. The maximum absolute atomic E-state index is 12.9. The molecule has 6 heteroatoms. The van der Waals surface area contributed by atoms with Gasteiger partial charge in [0, 0.05) is 12.6 Å². The highest BCUT2D eigenvalue weighted by molar-refractivity contribution is 4.85. The SMILES string of the molecule is CCN1CCCC1CN(C)C(CCN)C(F)(F)F. The molecule has 3 nitrogen and oxygen atoms in total. The number of likely N-dealkylation sites (N-methyl/N-ethyl adjacent to an activating group) is 2. The average Bonchev–Trinajstić information content (AvgIpc) is 2.71. The maximum Gasteiger partial charge on any atom is 0.404 e. The monoisotopic (exact) mass is 267 g/mol. The van der Waals surface area contributed by atoms with Crippen molar-refractivity contribution in [1.29, 1.82) is 0 Å². The van der Waals surface area contributed by atoms with Crippen LogP contribution in [0, 0.1) is 0 Å². The molecule has 2 N–H and O–H groups in total. The Morgan fingerprint density at radius 2 is 2.11 bits per heavy atom. The minimum Gasteiger partial charge on any atom is -0.330 e. The summed E-state index contributed by atoms with van der Waals surface area (Å²) in [6, 6.07) is -1.16. The molecular weight excluding hydrogens is 243 g/mol. The lowest BCUT2D eigenvalue weighted by atomic mass is 10.1. The van der Waals surface area contributed by atoms with Crippen molar-refractivity contribution in [2.24, 2.45) is 5.73 Å². The summed E-state index contributed by atoms with van der Waals surface area (Å²) in [5.74, 6) is 0. The second-order valence-electron chi connectivity index (χ2n) is 5.00. The van der Waals surface area contributed by atoms with E-state index in [0.29, 0.717) is 6.54 Å². The standard InChI is InChI=1S/C12H24F3N3/c1-3-18-8-4-5-10(18)9-17(2)11(6-7-16)12(13,14)15/h10-11H,3-9,16H2,1-2H3. The minimum absolute atomic E-state index is 0.0289. The quantitative estimate of drug-likeness (QED) is 0.795. The normalized spacial score (nSPS) is 23.8. The maximum atomic E-state index is 12.9. The predicted octanol–water partition coefficient (Wildman–Crippen LogP) is 1.68. The van der Waals surface area contributed by atoms with Gasteiger partial charge in [0.2, 0.25) is 0 Å². The van der Waals surface area contributed by atoms with E-state index in [1.54, 1.807) is 7.05 Å². The zero-order chi connectivity index (χ0) is 13.8. The highest BCUT2D eigenvalue weighted by atomic mass is 19.4. The summed E-state index contributed by atoms with van der Waals surface area (Å²) >= 11 is 0. The molecule has 1 saturated heterocycles. The summed E-state index contributed by atoms with van der Waals surface area (Å²) in [5, 5.41) is 0. The van der Waals surface area contributed by atoms with Crippen molar-refractivity contribution in [2.75, 3.05) is 33.2 Å². The average molecular weight is 267 g/mol. The zero-order valence-corrected chi connectivity index (χ0v) is 11.2. The molecule has 108 valence electrons. The second-order valence-corrected chi connectivity index (χ2v) is 5.00. The molecule has 0 saturated carbocycles. The van der Waals surface area contributed by atoms with Crippen LogP contribution in [0.15, 0.2) is 0 Å². The molecule has 1 fully saturated rings. The third-order valence-electron chi connectivity index (χ3n) is 3.75. The molecule has 2 atom stereocenters. The molecule has 18 heavy (non-hydrogen) atoms. The fourth-order valence-corrected chi connectivity index (χ4v) is 2.77. The molecule has 0 radical (unpaired) electrons. The Bertz CT molecular complexity index is 245. The molecule has 0 amide bonds. The van der Waals surface area contributed by atoms with Crippen LogP contribution in [0.25, 0.3) is 0 Å². The van der Waals surface area contributed by atoms with Crippen LogP contribution in [0.4, 0.5) is 13.2 Å². The fourth-order valence-electron chi connectivity index (χ4n) is 2.77. The molecular formula is C12H24F3N3. The van der Waals surface area contributed by atoms with E-state index < -0.39 is 12.2 Å². The molecule has 0 spiro atoms. The van der Waals surface area contributed by atoms with E-state index in [0.717, 1.165) is 25.9 Å². The van der Waals surface area contributed by atoms with Crippen LogP contribution in [-0.4, -0.2) is 61.3 Å². The first-order valence-corrected chi connectivity index (χ1v) is 6.61. The van der Waals surface area contributed by atoms with Gasteiger partial charge in [-0.3, -0.25) is 9.80 Å². The third-order valence-corrected chi connectivity index (χ3v) is 3.75. The number of likely N-dealkylation sites (tertiary alicyclic amines) is 1. The smallest absolute Gasteiger partial charge is 0.330 e. The van der Waals surface area contributed by atoms with Gasteiger partial charge in [0.1, 0.15) is 6.04 Å². The Labute approximate surface area is 107 Å². The zero-order valence-electron chi connectivity index (χ0n) is 11.2. The molecule has 0 aromatic heterocycles. The highest BCUT2D eigenvalue weighted by Crippen LogP contribution is 2.27. The number of alkyl halides is 3. The molecule has 0 aromatic rings. The van der Waals surface area contributed by atoms with Gasteiger partial charge in [-0.2, -0.15) is 13.2 Å². The minimum atomic E-state index is -4.19. The summed E-state index contributed by atoms with van der Waals surface area (Å²) in [4.78, 5) is 3.68. The van der Waals surface area contributed by atoms with E-state index in [1.807, 2.05) is 0 Å². The number of hydrogen-bond donors (Lipinski definition) is 1. The highest BCUT2D eigenvalue weighted by Gasteiger charge is 2.42. The van der Waals surface area contributed by atoms with Crippen molar-refractivity contribution in [1.82, 2.24) is 9.80 Å². The van der Waals surface area contributed by atoms with Crippen LogP contribution in [0.3, 0.4) is 0 Å². The Hall–Kier alpha value is -0.330. The van der Waals surface area contributed by atoms with E-state index in [4.69, 9.17) is 5.73 Å². The van der Waals surface area contributed by atoms with Gasteiger partial charge in [-0.25, -0.2) is 0 Å².